The lowest BCUT2D eigenvalue weighted by molar-refractivity contribution is -0.314. The molecule has 0 aromatic rings. The molecule has 3 fully saturated rings. The van der Waals surface area contributed by atoms with Crippen LogP contribution in [0.15, 0.2) is 0 Å². The van der Waals surface area contributed by atoms with Crippen LogP contribution in [0.25, 0.3) is 0 Å². The van der Waals surface area contributed by atoms with Gasteiger partial charge in [0.1, 0.15) is 36.6 Å². The number of aliphatic hydroxyl groups excluding tert-OH is 5. The predicted molar refractivity (Wildman–Crippen MR) is 108 cm³/mol. The van der Waals surface area contributed by atoms with E-state index in [1.165, 1.54) is 0 Å². The van der Waals surface area contributed by atoms with Crippen LogP contribution in [0.1, 0.15) is 12.8 Å². The van der Waals surface area contributed by atoms with Gasteiger partial charge in [-0.3, -0.25) is 0 Å². The summed E-state index contributed by atoms with van der Waals surface area (Å²) in [4.78, 5) is 0. The zero-order valence-electron chi connectivity index (χ0n) is 17.7. The van der Waals surface area contributed by atoms with Crippen molar-refractivity contribution in [1.82, 2.24) is 0 Å². The second-order valence-corrected chi connectivity index (χ2v) is 8.78. The van der Waals surface area contributed by atoms with E-state index in [1.54, 1.807) is 0 Å². The molecule has 0 aromatic carbocycles. The van der Waals surface area contributed by atoms with Gasteiger partial charge < -0.3 is 73.1 Å². The van der Waals surface area contributed by atoms with Gasteiger partial charge in [0, 0.05) is 18.6 Å². The summed E-state index contributed by atoms with van der Waals surface area (Å²) in [6.45, 7) is -0.499. The summed E-state index contributed by atoms with van der Waals surface area (Å²) < 4.78 is 22.7. The minimum absolute atomic E-state index is 0.0542. The van der Waals surface area contributed by atoms with E-state index in [-0.39, 0.29) is 19.4 Å². The summed E-state index contributed by atoms with van der Waals surface area (Å²) in [6.07, 6.45) is -10.8. The van der Waals surface area contributed by atoms with Crippen molar-refractivity contribution in [2.45, 2.75) is 98.4 Å². The molecule has 15 N–H and O–H groups in total. The van der Waals surface area contributed by atoms with Crippen molar-refractivity contribution in [2.75, 3.05) is 13.2 Å². The van der Waals surface area contributed by atoms with Gasteiger partial charge in [-0.25, -0.2) is 0 Å². The summed E-state index contributed by atoms with van der Waals surface area (Å²) in [5, 5.41) is 50.7. The Hall–Kier alpha value is -0.560. The van der Waals surface area contributed by atoms with Crippen molar-refractivity contribution in [3.63, 3.8) is 0 Å². The first-order valence-corrected chi connectivity index (χ1v) is 10.8. The second-order valence-electron chi connectivity index (χ2n) is 8.78. The molecule has 3 aliphatic rings. The van der Waals surface area contributed by atoms with Crippen LogP contribution >= 0.6 is 0 Å². The smallest absolute Gasteiger partial charge is 0.186 e. The third kappa shape index (κ3) is 5.24. The zero-order chi connectivity index (χ0) is 23.7. The van der Waals surface area contributed by atoms with Gasteiger partial charge in [0.25, 0.3) is 0 Å². The average molecular weight is 468 g/mol. The molecule has 32 heavy (non-hydrogen) atoms. The minimum Gasteiger partial charge on any atom is -0.394 e. The number of rotatable bonds is 6. The van der Waals surface area contributed by atoms with Crippen LogP contribution in [0.5, 0.6) is 0 Å². The molecule has 1 saturated carbocycles. The average Bonchev–Trinajstić information content (AvgIpc) is 2.75. The highest BCUT2D eigenvalue weighted by Crippen LogP contribution is 2.30. The van der Waals surface area contributed by atoms with Crippen LogP contribution in [-0.2, 0) is 18.9 Å². The molecule has 0 spiro atoms. The third-order valence-electron chi connectivity index (χ3n) is 6.41. The predicted octanol–water partition coefficient (Wildman–Crippen LogP) is -6.30. The van der Waals surface area contributed by atoms with E-state index in [4.69, 9.17) is 47.6 Å². The quantitative estimate of drug-likeness (QED) is 0.174. The van der Waals surface area contributed by atoms with Gasteiger partial charge in [0.05, 0.1) is 30.9 Å². The van der Waals surface area contributed by atoms with E-state index in [0.717, 1.165) is 0 Å². The monoisotopic (exact) mass is 467 g/mol. The lowest BCUT2D eigenvalue weighted by Gasteiger charge is -2.47. The molecule has 0 bridgehead atoms. The van der Waals surface area contributed by atoms with Crippen molar-refractivity contribution in [3.05, 3.63) is 0 Å². The van der Waals surface area contributed by atoms with Crippen LogP contribution in [0, 0.1) is 0 Å². The molecule has 1 aliphatic carbocycles. The number of nitrogens with two attached hydrogens (primary N) is 5. The maximum absolute atomic E-state index is 11.0. The Morgan fingerprint density at radius 2 is 1.28 bits per heavy atom. The molecule has 2 heterocycles. The van der Waals surface area contributed by atoms with Gasteiger partial charge >= 0.3 is 0 Å². The molecule has 0 amide bonds. The first kappa shape index (κ1) is 26.1. The Bertz CT molecular complexity index is 607. The van der Waals surface area contributed by atoms with Gasteiger partial charge in [-0.1, -0.05) is 0 Å². The maximum atomic E-state index is 11.0. The Labute approximate surface area is 185 Å². The summed E-state index contributed by atoms with van der Waals surface area (Å²) in [7, 11) is 0. The van der Waals surface area contributed by atoms with Crippen molar-refractivity contribution in [2.24, 2.45) is 28.7 Å². The molecular formula is C18H37N5O9. The first-order chi connectivity index (χ1) is 15.1. The molecule has 2 saturated heterocycles. The topological polar surface area (TPSA) is 268 Å². The Balaban J connectivity index is 1.70. The number of ether oxygens (including phenoxy) is 4. The molecular weight excluding hydrogens is 430 g/mol. The summed E-state index contributed by atoms with van der Waals surface area (Å²) >= 11 is 0. The van der Waals surface area contributed by atoms with Gasteiger partial charge in [0.2, 0.25) is 0 Å². The fourth-order valence-electron chi connectivity index (χ4n) is 4.43. The molecule has 0 radical (unpaired) electrons. The molecule has 14 heteroatoms. The van der Waals surface area contributed by atoms with Crippen LogP contribution in [0.2, 0.25) is 0 Å². The molecule has 14 nitrogen and oxygen atoms in total. The Morgan fingerprint density at radius 3 is 1.84 bits per heavy atom. The van der Waals surface area contributed by atoms with E-state index >= 15 is 0 Å². The third-order valence-corrected chi connectivity index (χ3v) is 6.41. The number of hydrogen-bond acceptors (Lipinski definition) is 14. The fourth-order valence-corrected chi connectivity index (χ4v) is 4.43. The van der Waals surface area contributed by atoms with E-state index in [9.17, 15) is 25.5 Å². The van der Waals surface area contributed by atoms with Crippen molar-refractivity contribution < 1.29 is 44.5 Å². The molecule has 2 aliphatic heterocycles. The van der Waals surface area contributed by atoms with Crippen LogP contribution in [0.3, 0.4) is 0 Å². The van der Waals surface area contributed by atoms with Gasteiger partial charge in [-0.2, -0.15) is 0 Å². The normalized spacial score (nSPS) is 52.7. The fraction of sp³-hybridized carbons (Fsp3) is 1.00. The van der Waals surface area contributed by atoms with E-state index in [1.807, 2.05) is 0 Å². The number of hydrogen-bond donors (Lipinski definition) is 10. The van der Waals surface area contributed by atoms with Gasteiger partial charge in [-0.05, 0) is 12.8 Å². The molecule has 14 atom stereocenters. The number of aliphatic hydroxyl groups is 5. The highest BCUT2D eigenvalue weighted by Gasteiger charge is 2.50. The summed E-state index contributed by atoms with van der Waals surface area (Å²) in [5.74, 6) is 0. The van der Waals surface area contributed by atoms with E-state index in [0.29, 0.717) is 0 Å². The van der Waals surface area contributed by atoms with Crippen LogP contribution in [-0.4, -0.2) is 124 Å². The summed E-state index contributed by atoms with van der Waals surface area (Å²) in [5.41, 5.74) is 29.8. The molecule has 0 unspecified atom stereocenters. The standard InChI is InChI=1S/C18H37N5O9/c19-3-9-8(25)2-7(22)17(29-9)31-15-5(20)1-6(21)16(14(15)28)32-18-13(27)11(23)12(26)10(4-24)30-18/h5-18,24-28H,1-4,19-23H2/t5-,6+,7+,8-,9+,10-,11-,12-,13-,14-,15-,16+,17+,18-/m1/s1. The first-order valence-electron chi connectivity index (χ1n) is 10.8. The lowest BCUT2D eigenvalue weighted by Crippen LogP contribution is -2.68. The van der Waals surface area contributed by atoms with Gasteiger partial charge in [0.15, 0.2) is 12.6 Å². The van der Waals surface area contributed by atoms with E-state index < -0.39 is 92.2 Å². The van der Waals surface area contributed by atoms with Crippen LogP contribution < -0.4 is 28.7 Å². The zero-order valence-corrected chi connectivity index (χ0v) is 17.7. The molecule has 0 aromatic heterocycles. The SMILES string of the molecule is NC[C@@H]1O[C@@H](O[C@H]2[C@@H](O)[C@@H](O[C@H]3O[C@H](CO)[C@@H](O)[C@@H](N)[C@H]3O)[C@@H](N)C[C@H]2N)[C@@H](N)C[C@H]1O. The lowest BCUT2D eigenvalue weighted by atomic mass is 9.84. The largest absolute Gasteiger partial charge is 0.394 e. The van der Waals surface area contributed by atoms with Crippen molar-refractivity contribution in [3.8, 4) is 0 Å². The van der Waals surface area contributed by atoms with Gasteiger partial charge in [-0.15, -0.1) is 0 Å². The van der Waals surface area contributed by atoms with Crippen molar-refractivity contribution >= 4 is 0 Å². The van der Waals surface area contributed by atoms with Crippen molar-refractivity contribution in [1.29, 1.82) is 0 Å². The Morgan fingerprint density at radius 1 is 0.719 bits per heavy atom. The maximum Gasteiger partial charge on any atom is 0.186 e. The van der Waals surface area contributed by atoms with E-state index in [2.05, 4.69) is 0 Å². The minimum atomic E-state index is -1.44. The second kappa shape index (κ2) is 10.8. The van der Waals surface area contributed by atoms with Crippen LogP contribution in [0.4, 0.5) is 0 Å². The Kier molecular flexibility index (Phi) is 8.79. The summed E-state index contributed by atoms with van der Waals surface area (Å²) in [6, 6.07) is -3.27. The highest BCUT2D eigenvalue weighted by atomic mass is 16.7. The highest BCUT2D eigenvalue weighted by molar-refractivity contribution is 5.01. The molecule has 3 rings (SSSR count). The molecule has 188 valence electrons.